The van der Waals surface area contributed by atoms with E-state index in [0.717, 1.165) is 64.6 Å². The monoisotopic (exact) mass is 404 g/mol. The van der Waals surface area contributed by atoms with Gasteiger partial charge in [0.25, 0.3) is 0 Å². The van der Waals surface area contributed by atoms with E-state index in [1.54, 1.807) is 11.2 Å². The van der Waals surface area contributed by atoms with Crippen LogP contribution >= 0.6 is 11.6 Å². The zero-order valence-corrected chi connectivity index (χ0v) is 16.7. The lowest BCUT2D eigenvalue weighted by Crippen LogP contribution is -2.46. The summed E-state index contributed by atoms with van der Waals surface area (Å²) in [5.74, 6) is -0.489. The summed E-state index contributed by atoms with van der Waals surface area (Å²) >= 11 is 6.08. The van der Waals surface area contributed by atoms with Crippen LogP contribution in [0.15, 0.2) is 17.0 Å². The van der Waals surface area contributed by atoms with E-state index in [0.29, 0.717) is 6.54 Å². The second-order valence-electron chi connectivity index (χ2n) is 7.04. The summed E-state index contributed by atoms with van der Waals surface area (Å²) in [6.07, 6.45) is 3.50. The molecule has 0 aliphatic carbocycles. The van der Waals surface area contributed by atoms with Crippen LogP contribution in [0.2, 0.25) is 5.02 Å². The maximum absolute atomic E-state index is 13.7. The zero-order valence-electron chi connectivity index (χ0n) is 15.1. The van der Waals surface area contributed by atoms with E-state index in [9.17, 15) is 12.8 Å². The Morgan fingerprint density at radius 2 is 1.96 bits per heavy atom. The Balaban J connectivity index is 1.78. The van der Waals surface area contributed by atoms with Crippen LogP contribution in [-0.2, 0) is 14.8 Å². The van der Waals surface area contributed by atoms with Crippen molar-refractivity contribution in [2.24, 2.45) is 0 Å². The summed E-state index contributed by atoms with van der Waals surface area (Å²) in [4.78, 5) is 2.33. The first kappa shape index (κ1) is 20.0. The molecule has 2 saturated heterocycles. The molecule has 1 atom stereocenters. The van der Waals surface area contributed by atoms with Crippen LogP contribution in [0.3, 0.4) is 0 Å². The summed E-state index contributed by atoms with van der Waals surface area (Å²) in [5, 5.41) is -0.0504. The van der Waals surface area contributed by atoms with Crippen molar-refractivity contribution in [1.82, 2.24) is 9.21 Å². The van der Waals surface area contributed by atoms with Gasteiger partial charge in [0.1, 0.15) is 10.7 Å². The van der Waals surface area contributed by atoms with Gasteiger partial charge in [-0.15, -0.1) is 0 Å². The smallest absolute Gasteiger partial charge is 0.244 e. The van der Waals surface area contributed by atoms with Crippen molar-refractivity contribution in [3.63, 3.8) is 0 Å². The Kier molecular flexibility index (Phi) is 6.56. The topological polar surface area (TPSA) is 49.9 Å². The Bertz CT molecular complexity index is 738. The molecule has 0 N–H and O–H groups in total. The molecule has 2 heterocycles. The molecule has 0 radical (unpaired) electrons. The van der Waals surface area contributed by atoms with Crippen LogP contribution in [0.5, 0.6) is 0 Å². The van der Waals surface area contributed by atoms with Crippen LogP contribution in [0, 0.1) is 12.7 Å². The summed E-state index contributed by atoms with van der Waals surface area (Å²) in [5.41, 5.74) is 0.287. The Morgan fingerprint density at radius 1 is 1.23 bits per heavy atom. The summed E-state index contributed by atoms with van der Waals surface area (Å²) < 4.78 is 47.1. The summed E-state index contributed by atoms with van der Waals surface area (Å²) in [7, 11) is -3.74. The fourth-order valence-electron chi connectivity index (χ4n) is 3.69. The maximum atomic E-state index is 13.7. The highest BCUT2D eigenvalue weighted by Gasteiger charge is 2.35. The fraction of sp³-hybridized carbons (Fsp3) is 0.667. The number of hydrogen-bond donors (Lipinski definition) is 0. The van der Waals surface area contributed by atoms with Gasteiger partial charge in [0.2, 0.25) is 10.0 Å². The van der Waals surface area contributed by atoms with Crippen LogP contribution in [-0.4, -0.2) is 63.1 Å². The van der Waals surface area contributed by atoms with Gasteiger partial charge in [0.05, 0.1) is 18.2 Å². The minimum atomic E-state index is -3.74. The largest absolute Gasteiger partial charge is 0.379 e. The molecule has 2 aliphatic rings. The van der Waals surface area contributed by atoms with Crippen molar-refractivity contribution in [2.45, 2.75) is 43.5 Å². The number of rotatable bonds is 5. The Labute approximate surface area is 160 Å². The molecular weight excluding hydrogens is 379 g/mol. The highest BCUT2D eigenvalue weighted by molar-refractivity contribution is 7.89. The molecule has 0 bridgehead atoms. The standard InChI is InChI=1S/C18H26ClFN2O3S/c1-14-12-18(16(19)13-17(14)20)26(23,24)22-6-3-2-4-15(22)5-7-21-8-10-25-11-9-21/h12-13,15H,2-11H2,1H3. The molecule has 0 saturated carbocycles. The number of sulfonamides is 1. The van der Waals surface area contributed by atoms with Crippen molar-refractivity contribution in [3.8, 4) is 0 Å². The van der Waals surface area contributed by atoms with Crippen LogP contribution in [0.25, 0.3) is 0 Å². The van der Waals surface area contributed by atoms with Crippen molar-refractivity contribution in [2.75, 3.05) is 39.4 Å². The second kappa shape index (κ2) is 8.52. The van der Waals surface area contributed by atoms with Crippen molar-refractivity contribution < 1.29 is 17.5 Å². The molecule has 1 aromatic carbocycles. The second-order valence-corrected chi connectivity index (χ2v) is 9.31. The number of morpholine rings is 1. The SMILES string of the molecule is Cc1cc(S(=O)(=O)N2CCCCC2CCN2CCOCC2)c(Cl)cc1F. The molecule has 1 aromatic rings. The molecule has 26 heavy (non-hydrogen) atoms. The molecule has 146 valence electrons. The quantitative estimate of drug-likeness (QED) is 0.756. The van der Waals surface area contributed by atoms with Crippen LogP contribution < -0.4 is 0 Å². The highest BCUT2D eigenvalue weighted by atomic mass is 35.5. The first-order valence-corrected chi connectivity index (χ1v) is 11.0. The molecular formula is C18H26ClFN2O3S. The minimum Gasteiger partial charge on any atom is -0.379 e. The molecule has 0 aromatic heterocycles. The average molecular weight is 405 g/mol. The number of nitrogens with zero attached hydrogens (tertiary/aromatic N) is 2. The summed E-state index contributed by atoms with van der Waals surface area (Å²) in [6.45, 7) is 6.15. The van der Waals surface area contributed by atoms with Gasteiger partial charge in [0.15, 0.2) is 0 Å². The first-order chi connectivity index (χ1) is 12.4. The molecule has 8 heteroatoms. The molecule has 2 fully saturated rings. The Hall–Kier alpha value is -0.730. The predicted octanol–water partition coefficient (Wildman–Crippen LogP) is 3.05. The van der Waals surface area contributed by atoms with Crippen molar-refractivity contribution in [1.29, 1.82) is 0 Å². The lowest BCUT2D eigenvalue weighted by atomic mass is 10.0. The van der Waals surface area contributed by atoms with Crippen molar-refractivity contribution >= 4 is 21.6 Å². The van der Waals surface area contributed by atoms with Crippen LogP contribution in [0.1, 0.15) is 31.2 Å². The third-order valence-electron chi connectivity index (χ3n) is 5.26. The fourth-order valence-corrected chi connectivity index (χ4v) is 5.99. The lowest BCUT2D eigenvalue weighted by molar-refractivity contribution is 0.0340. The molecule has 3 rings (SSSR count). The predicted molar refractivity (Wildman–Crippen MR) is 99.6 cm³/mol. The number of aryl methyl sites for hydroxylation is 1. The molecule has 1 unspecified atom stereocenters. The molecule has 2 aliphatic heterocycles. The van der Waals surface area contributed by atoms with E-state index in [4.69, 9.17) is 16.3 Å². The van der Waals surface area contributed by atoms with E-state index >= 15 is 0 Å². The van der Waals surface area contributed by atoms with Crippen LogP contribution in [0.4, 0.5) is 4.39 Å². The number of hydrogen-bond acceptors (Lipinski definition) is 4. The molecule has 5 nitrogen and oxygen atoms in total. The maximum Gasteiger partial charge on any atom is 0.244 e. The van der Waals surface area contributed by atoms with E-state index in [1.165, 1.54) is 6.07 Å². The number of halogens is 2. The summed E-state index contributed by atoms with van der Waals surface area (Å²) in [6, 6.07) is 2.40. The van der Waals surface area contributed by atoms with Gasteiger partial charge in [-0.25, -0.2) is 12.8 Å². The third kappa shape index (κ3) is 4.39. The third-order valence-corrected chi connectivity index (χ3v) is 7.67. The molecule has 0 spiro atoms. The minimum absolute atomic E-state index is 0.0105. The normalized spacial score (nSPS) is 23.3. The molecule has 0 amide bonds. The van der Waals surface area contributed by atoms with Gasteiger partial charge in [0, 0.05) is 25.7 Å². The average Bonchev–Trinajstić information content (AvgIpc) is 2.64. The van der Waals surface area contributed by atoms with E-state index in [1.807, 2.05) is 0 Å². The van der Waals surface area contributed by atoms with Crippen molar-refractivity contribution in [3.05, 3.63) is 28.5 Å². The lowest BCUT2D eigenvalue weighted by Gasteiger charge is -2.36. The number of ether oxygens (including phenoxy) is 1. The number of benzene rings is 1. The van der Waals surface area contributed by atoms with Gasteiger partial charge >= 0.3 is 0 Å². The van der Waals surface area contributed by atoms with Gasteiger partial charge in [-0.2, -0.15) is 4.31 Å². The van der Waals surface area contributed by atoms with Gasteiger partial charge in [-0.1, -0.05) is 18.0 Å². The first-order valence-electron chi connectivity index (χ1n) is 9.17. The van der Waals surface area contributed by atoms with E-state index in [2.05, 4.69) is 4.90 Å². The van der Waals surface area contributed by atoms with E-state index < -0.39 is 15.8 Å². The van der Waals surface area contributed by atoms with Gasteiger partial charge in [-0.05, 0) is 50.4 Å². The zero-order chi connectivity index (χ0) is 18.7. The van der Waals surface area contributed by atoms with E-state index in [-0.39, 0.29) is 21.5 Å². The Morgan fingerprint density at radius 3 is 2.69 bits per heavy atom. The highest BCUT2D eigenvalue weighted by Crippen LogP contribution is 2.32. The van der Waals surface area contributed by atoms with Gasteiger partial charge < -0.3 is 4.74 Å². The van der Waals surface area contributed by atoms with Gasteiger partial charge in [-0.3, -0.25) is 4.90 Å². The number of piperidine rings is 1.